The Labute approximate surface area is 186 Å². The zero-order chi connectivity index (χ0) is 23.7. The molecule has 7 nitrogen and oxygen atoms in total. The minimum atomic E-state index is -2.05. The van der Waals surface area contributed by atoms with Gasteiger partial charge < -0.3 is 19.7 Å². The first kappa shape index (κ1) is 23.1. The molecule has 0 bridgehead atoms. The molecule has 3 saturated carbocycles. The number of Topliss-reactive ketones (excluding diaryl/α,β-unsaturated/α-hetero) is 1. The van der Waals surface area contributed by atoms with Gasteiger partial charge in [0.15, 0.2) is 17.1 Å². The number of ether oxygens (including phenoxy) is 2. The molecule has 2 N–H and O–H groups in total. The lowest BCUT2D eigenvalue weighted by atomic mass is 9.44. The third-order valence-electron chi connectivity index (χ3n) is 9.15. The first-order valence-corrected chi connectivity index (χ1v) is 11.1. The second-order valence-electron chi connectivity index (χ2n) is 10.3. The zero-order valence-electron chi connectivity index (χ0n) is 18.9. The van der Waals surface area contributed by atoms with E-state index in [1.54, 1.807) is 26.8 Å². The van der Waals surface area contributed by atoms with Crippen LogP contribution >= 0.6 is 0 Å². The molecule has 0 heterocycles. The molecular weight excluding hydrogens is 419 g/mol. The number of aliphatic hydroxyl groups excluding tert-OH is 2. The van der Waals surface area contributed by atoms with Crippen LogP contribution in [0.5, 0.6) is 0 Å². The summed E-state index contributed by atoms with van der Waals surface area (Å²) in [5, 5.41) is 21.1. The van der Waals surface area contributed by atoms with Gasteiger partial charge in [-0.05, 0) is 50.7 Å². The number of methoxy groups -OCH3 is 1. The van der Waals surface area contributed by atoms with E-state index in [1.165, 1.54) is 12.2 Å². The molecule has 0 aliphatic heterocycles. The number of hydrogen-bond donors (Lipinski definition) is 2. The zero-order valence-corrected chi connectivity index (χ0v) is 18.9. The molecule has 4 rings (SSSR count). The monoisotopic (exact) mass is 450 g/mol. The summed E-state index contributed by atoms with van der Waals surface area (Å²) in [5.41, 5.74) is -5.38. The number of rotatable bonds is 3. The molecular formula is C24H31FO7. The fourth-order valence-corrected chi connectivity index (χ4v) is 7.69. The molecule has 3 fully saturated rings. The molecule has 0 saturated heterocycles. The fraction of sp³-hybridized carbons (Fsp3) is 0.708. The fourth-order valence-electron chi connectivity index (χ4n) is 7.69. The number of halogens is 1. The van der Waals surface area contributed by atoms with Crippen molar-refractivity contribution in [2.75, 3.05) is 13.7 Å². The Bertz CT molecular complexity index is 927. The summed E-state index contributed by atoms with van der Waals surface area (Å²) < 4.78 is 27.4. The van der Waals surface area contributed by atoms with E-state index in [4.69, 9.17) is 4.74 Å². The molecule has 0 spiro atoms. The molecule has 0 aromatic heterocycles. The average molecular weight is 451 g/mol. The van der Waals surface area contributed by atoms with Crippen molar-refractivity contribution in [3.05, 3.63) is 23.8 Å². The highest BCUT2D eigenvalue weighted by molar-refractivity contribution is 6.01. The maximum Gasteiger partial charge on any atom is 0.509 e. The van der Waals surface area contributed by atoms with Gasteiger partial charge in [-0.2, -0.15) is 0 Å². The minimum absolute atomic E-state index is 0.137. The summed E-state index contributed by atoms with van der Waals surface area (Å²) in [5.74, 6) is -2.41. The molecule has 4 aliphatic carbocycles. The van der Waals surface area contributed by atoms with Crippen LogP contribution in [0.4, 0.5) is 9.18 Å². The van der Waals surface area contributed by atoms with Crippen molar-refractivity contribution in [1.82, 2.24) is 0 Å². The summed E-state index contributed by atoms with van der Waals surface area (Å²) >= 11 is 0. The highest BCUT2D eigenvalue weighted by Gasteiger charge is 2.77. The van der Waals surface area contributed by atoms with Crippen molar-refractivity contribution >= 4 is 17.7 Å². The van der Waals surface area contributed by atoms with Crippen molar-refractivity contribution in [1.29, 1.82) is 0 Å². The van der Waals surface area contributed by atoms with E-state index in [0.29, 0.717) is 24.8 Å². The van der Waals surface area contributed by atoms with E-state index in [9.17, 15) is 24.6 Å². The third kappa shape index (κ3) is 2.56. The van der Waals surface area contributed by atoms with E-state index in [-0.39, 0.29) is 12.2 Å². The molecule has 0 aromatic rings. The Morgan fingerprint density at radius 1 is 1.28 bits per heavy atom. The van der Waals surface area contributed by atoms with Crippen LogP contribution in [0, 0.1) is 28.6 Å². The first-order chi connectivity index (χ1) is 14.9. The number of hydrogen-bond acceptors (Lipinski definition) is 7. The number of alkyl halides is 1. The van der Waals surface area contributed by atoms with E-state index < -0.39 is 64.5 Å². The quantitative estimate of drug-likeness (QED) is 0.636. The van der Waals surface area contributed by atoms with Crippen LogP contribution in [-0.4, -0.2) is 59.0 Å². The number of aliphatic hydroxyl groups is 2. The Balaban J connectivity index is 1.85. The van der Waals surface area contributed by atoms with Crippen LogP contribution in [0.25, 0.3) is 0 Å². The van der Waals surface area contributed by atoms with E-state index >= 15 is 4.39 Å². The van der Waals surface area contributed by atoms with Crippen molar-refractivity contribution in [3.63, 3.8) is 0 Å². The van der Waals surface area contributed by atoms with Gasteiger partial charge in [-0.1, -0.05) is 25.5 Å². The van der Waals surface area contributed by atoms with Crippen molar-refractivity contribution < 1.29 is 38.5 Å². The maximum atomic E-state index is 17.1. The molecule has 32 heavy (non-hydrogen) atoms. The van der Waals surface area contributed by atoms with E-state index in [0.717, 1.165) is 7.11 Å². The lowest BCUT2D eigenvalue weighted by Gasteiger charge is -2.62. The van der Waals surface area contributed by atoms with E-state index in [2.05, 4.69) is 4.74 Å². The van der Waals surface area contributed by atoms with Crippen LogP contribution in [-0.2, 0) is 19.1 Å². The van der Waals surface area contributed by atoms with Crippen molar-refractivity contribution in [2.24, 2.45) is 28.6 Å². The van der Waals surface area contributed by atoms with Crippen LogP contribution in [0.1, 0.15) is 46.5 Å². The van der Waals surface area contributed by atoms with Gasteiger partial charge in [-0.3, -0.25) is 9.59 Å². The Morgan fingerprint density at radius 2 is 1.97 bits per heavy atom. The minimum Gasteiger partial charge on any atom is -0.438 e. The highest BCUT2D eigenvalue weighted by atomic mass is 19.1. The SMILES string of the molecule is COC(=O)O[C@]1(C(=O)CO)[C@H](C)C[C@H]2[C@@H]3CCC4=CC(=O)C=C[C@]4(C)[C@@]3(F)[C@@H](O)C[C@@]21C. The number of carbonyl (C=O) groups excluding carboxylic acids is 3. The lowest BCUT2D eigenvalue weighted by molar-refractivity contribution is -0.221. The Morgan fingerprint density at radius 3 is 2.59 bits per heavy atom. The number of fused-ring (bicyclic) bond motifs is 5. The highest BCUT2D eigenvalue weighted by Crippen LogP contribution is 2.71. The Kier molecular flexibility index (Phi) is 5.21. The van der Waals surface area contributed by atoms with Gasteiger partial charge >= 0.3 is 6.16 Å². The summed E-state index contributed by atoms with van der Waals surface area (Å²) in [6.07, 6.45) is 3.00. The van der Waals surface area contributed by atoms with Gasteiger partial charge in [0.05, 0.1) is 13.2 Å². The predicted molar refractivity (Wildman–Crippen MR) is 111 cm³/mol. The first-order valence-electron chi connectivity index (χ1n) is 11.1. The molecule has 0 amide bonds. The van der Waals surface area contributed by atoms with Gasteiger partial charge in [0.25, 0.3) is 0 Å². The van der Waals surface area contributed by atoms with Crippen molar-refractivity contribution in [2.45, 2.75) is 63.8 Å². The Hall–Kier alpha value is -2.06. The largest absolute Gasteiger partial charge is 0.509 e. The maximum absolute atomic E-state index is 17.1. The third-order valence-corrected chi connectivity index (χ3v) is 9.15. The van der Waals surface area contributed by atoms with Crippen molar-refractivity contribution in [3.8, 4) is 0 Å². The van der Waals surface area contributed by atoms with Crippen LogP contribution in [0.2, 0.25) is 0 Å². The van der Waals surface area contributed by atoms with Crippen LogP contribution in [0.15, 0.2) is 23.8 Å². The van der Waals surface area contributed by atoms with Crippen LogP contribution < -0.4 is 0 Å². The smallest absolute Gasteiger partial charge is 0.438 e. The molecule has 0 unspecified atom stereocenters. The van der Waals surface area contributed by atoms with Gasteiger partial charge in [0.1, 0.15) is 6.61 Å². The second kappa shape index (κ2) is 7.22. The summed E-state index contributed by atoms with van der Waals surface area (Å²) in [7, 11) is 1.13. The second-order valence-corrected chi connectivity index (χ2v) is 10.3. The summed E-state index contributed by atoms with van der Waals surface area (Å²) in [6, 6.07) is 0. The van der Waals surface area contributed by atoms with Gasteiger partial charge in [0, 0.05) is 22.7 Å². The standard InChI is InChI=1S/C24H31FO7/c1-13-9-17-16-6-5-14-10-15(27)7-8-21(14,2)23(16,25)18(28)11-22(17,3)24(13,19(29)12-26)32-20(30)31-4/h7-8,10,13,16-18,26,28H,5-6,9,11-12H2,1-4H3/t13-,16+,17+,18+,21+,22+,23+,24+/m1/s1. The molecule has 0 aromatic carbocycles. The van der Waals surface area contributed by atoms with Crippen LogP contribution in [0.3, 0.4) is 0 Å². The molecule has 8 atom stereocenters. The number of carbonyl (C=O) groups is 3. The van der Waals surface area contributed by atoms with Gasteiger partial charge in [-0.15, -0.1) is 0 Å². The van der Waals surface area contributed by atoms with Gasteiger partial charge in [-0.25, -0.2) is 9.18 Å². The topological polar surface area (TPSA) is 110 Å². The summed E-state index contributed by atoms with van der Waals surface area (Å²) in [6.45, 7) is 4.37. The lowest BCUT2D eigenvalue weighted by Crippen LogP contribution is -2.70. The summed E-state index contributed by atoms with van der Waals surface area (Å²) in [4.78, 5) is 37.2. The molecule has 0 radical (unpaired) electrons. The molecule has 176 valence electrons. The average Bonchev–Trinajstić information content (AvgIpc) is 2.96. The number of ketones is 2. The predicted octanol–water partition coefficient (Wildman–Crippen LogP) is 2.69. The molecule has 8 heteroatoms. The van der Waals surface area contributed by atoms with Gasteiger partial charge in [0.2, 0.25) is 5.78 Å². The normalized spacial score (nSPS) is 47.1. The van der Waals surface area contributed by atoms with E-state index in [1.807, 2.05) is 0 Å². The number of allylic oxidation sites excluding steroid dienone is 4. The molecule has 4 aliphatic rings.